The molecule has 0 bridgehead atoms. The van der Waals surface area contributed by atoms with E-state index in [1.165, 1.54) is 51.4 Å². The fraction of sp³-hybridized carbons (Fsp3) is 0.906. The maximum atomic E-state index is 12.2. The van der Waals surface area contributed by atoms with Gasteiger partial charge in [-0.2, -0.15) is 0 Å². The summed E-state index contributed by atoms with van der Waals surface area (Å²) in [7, 11) is 0. The first kappa shape index (κ1) is 24.9. The number of hydrogen-bond donors (Lipinski definition) is 0. The molecule has 9 atom stereocenters. The first-order chi connectivity index (χ1) is 15.7. The van der Waals surface area contributed by atoms with Crippen molar-refractivity contribution in [2.75, 3.05) is 0 Å². The number of hydrogen-bond acceptors (Lipinski definition) is 2. The molecule has 5 aliphatic carbocycles. The summed E-state index contributed by atoms with van der Waals surface area (Å²) in [5.41, 5.74) is 1.46. The topological polar surface area (TPSA) is 26.3 Å². The lowest BCUT2D eigenvalue weighted by Gasteiger charge is -2.72. The number of carbonyl (C=O) groups excluding carboxylic acids is 1. The van der Waals surface area contributed by atoms with Gasteiger partial charge in [0, 0.05) is 12.3 Å². The third kappa shape index (κ3) is 3.08. The standard InChI is InChI=1S/C32H52O2/c1-20(2)22-12-16-29(6)18-19-30(7)23(27(22)29)10-11-25-31(30,8)17-13-24-28(4,5)15-14-26(32(24,25)9)34-21(3)33/h14,20,22-25,27H,10-13,15-19H2,1-9H3/t22-,23+,24-,25-,27+,29+,30+,31+,32-/m0/s1. The van der Waals surface area contributed by atoms with Crippen LogP contribution >= 0.6 is 0 Å². The largest absolute Gasteiger partial charge is 0.431 e. The van der Waals surface area contributed by atoms with Crippen molar-refractivity contribution in [2.45, 2.75) is 120 Å². The van der Waals surface area contributed by atoms with Gasteiger partial charge in [-0.3, -0.25) is 4.79 Å². The van der Waals surface area contributed by atoms with Crippen LogP contribution in [0.25, 0.3) is 0 Å². The van der Waals surface area contributed by atoms with E-state index in [1.807, 2.05) is 0 Å². The molecule has 0 unspecified atom stereocenters. The number of esters is 1. The van der Waals surface area contributed by atoms with Crippen molar-refractivity contribution < 1.29 is 9.53 Å². The van der Waals surface area contributed by atoms with Crippen LogP contribution in [-0.4, -0.2) is 5.97 Å². The molecule has 2 heteroatoms. The summed E-state index contributed by atoms with van der Waals surface area (Å²) in [5.74, 6) is 5.48. The van der Waals surface area contributed by atoms with Gasteiger partial charge in [-0.25, -0.2) is 0 Å². The summed E-state index contributed by atoms with van der Waals surface area (Å²) in [6.07, 6.45) is 14.3. The zero-order valence-electron chi connectivity index (χ0n) is 23.7. The molecule has 2 nitrogen and oxygen atoms in total. The van der Waals surface area contributed by atoms with Gasteiger partial charge in [0.1, 0.15) is 5.76 Å². The molecule has 0 spiro atoms. The molecule has 0 amide bonds. The monoisotopic (exact) mass is 468 g/mol. The number of rotatable bonds is 2. The van der Waals surface area contributed by atoms with Crippen LogP contribution in [0, 0.1) is 62.6 Å². The second kappa shape index (κ2) is 7.61. The van der Waals surface area contributed by atoms with Crippen molar-refractivity contribution in [3.8, 4) is 0 Å². The van der Waals surface area contributed by atoms with Crippen LogP contribution in [0.3, 0.4) is 0 Å². The predicted molar refractivity (Wildman–Crippen MR) is 140 cm³/mol. The first-order valence-corrected chi connectivity index (χ1v) is 14.6. The Kier molecular flexibility index (Phi) is 5.57. The molecule has 0 aliphatic heterocycles. The van der Waals surface area contributed by atoms with E-state index in [2.05, 4.69) is 61.5 Å². The van der Waals surface area contributed by atoms with Gasteiger partial charge in [-0.05, 0) is 121 Å². The predicted octanol–water partition coefficient (Wildman–Crippen LogP) is 8.80. The summed E-state index contributed by atoms with van der Waals surface area (Å²) >= 11 is 0. The van der Waals surface area contributed by atoms with E-state index in [-0.39, 0.29) is 16.8 Å². The van der Waals surface area contributed by atoms with Crippen molar-refractivity contribution in [3.63, 3.8) is 0 Å². The van der Waals surface area contributed by atoms with Gasteiger partial charge < -0.3 is 4.74 Å². The van der Waals surface area contributed by atoms with Gasteiger partial charge in [0.2, 0.25) is 0 Å². The Hall–Kier alpha value is -0.790. The summed E-state index contributed by atoms with van der Waals surface area (Å²) in [5, 5.41) is 0. The number of allylic oxidation sites excluding steroid dienone is 2. The molecule has 0 N–H and O–H groups in total. The average molecular weight is 469 g/mol. The fourth-order valence-electron chi connectivity index (χ4n) is 11.6. The first-order valence-electron chi connectivity index (χ1n) is 14.6. The second-order valence-corrected chi connectivity index (χ2v) is 15.4. The third-order valence-electron chi connectivity index (χ3n) is 13.4. The van der Waals surface area contributed by atoms with Crippen LogP contribution in [-0.2, 0) is 9.53 Å². The number of carbonyl (C=O) groups is 1. The maximum Gasteiger partial charge on any atom is 0.307 e. The normalized spacial score (nSPS) is 51.6. The Balaban J connectivity index is 1.59. The molecular weight excluding hydrogens is 416 g/mol. The van der Waals surface area contributed by atoms with Crippen LogP contribution in [0.15, 0.2) is 11.8 Å². The molecule has 34 heavy (non-hydrogen) atoms. The fourth-order valence-corrected chi connectivity index (χ4v) is 11.6. The van der Waals surface area contributed by atoms with Gasteiger partial charge in [0.15, 0.2) is 0 Å². The molecule has 0 radical (unpaired) electrons. The zero-order chi connectivity index (χ0) is 24.9. The molecule has 4 saturated carbocycles. The van der Waals surface area contributed by atoms with E-state index >= 15 is 0 Å². The molecule has 0 aromatic heterocycles. The quantitative estimate of drug-likeness (QED) is 0.378. The molecule has 5 aliphatic rings. The highest BCUT2D eigenvalue weighted by Gasteiger charge is 2.70. The Morgan fingerprint density at radius 3 is 2.24 bits per heavy atom. The van der Waals surface area contributed by atoms with Crippen LogP contribution in [0.4, 0.5) is 0 Å². The minimum Gasteiger partial charge on any atom is -0.431 e. The molecule has 0 heterocycles. The highest BCUT2D eigenvalue weighted by atomic mass is 16.5. The number of fused-ring (bicyclic) bond motifs is 7. The molecule has 192 valence electrons. The molecule has 0 saturated heterocycles. The van der Waals surface area contributed by atoms with Crippen molar-refractivity contribution in [2.24, 2.45) is 62.6 Å². The highest BCUT2D eigenvalue weighted by molar-refractivity contribution is 5.67. The highest BCUT2D eigenvalue weighted by Crippen LogP contribution is 2.77. The van der Waals surface area contributed by atoms with Gasteiger partial charge in [-0.15, -0.1) is 0 Å². The van der Waals surface area contributed by atoms with Crippen LogP contribution in [0.5, 0.6) is 0 Å². The molecule has 0 aromatic rings. The Morgan fingerprint density at radius 2 is 1.59 bits per heavy atom. The van der Waals surface area contributed by atoms with E-state index in [9.17, 15) is 4.79 Å². The lowest BCUT2D eigenvalue weighted by Crippen LogP contribution is -2.65. The van der Waals surface area contributed by atoms with E-state index in [4.69, 9.17) is 4.74 Å². The summed E-state index contributed by atoms with van der Waals surface area (Å²) in [6, 6.07) is 0. The zero-order valence-corrected chi connectivity index (χ0v) is 23.7. The van der Waals surface area contributed by atoms with Crippen molar-refractivity contribution in [1.29, 1.82) is 0 Å². The Labute approximate surface area is 210 Å². The lowest BCUT2D eigenvalue weighted by atomic mass is 9.33. The van der Waals surface area contributed by atoms with E-state index in [0.717, 1.165) is 35.9 Å². The Morgan fingerprint density at radius 1 is 0.882 bits per heavy atom. The Bertz CT molecular complexity index is 883. The van der Waals surface area contributed by atoms with Crippen LogP contribution < -0.4 is 0 Å². The average Bonchev–Trinajstić information content (AvgIpc) is 3.08. The minimum absolute atomic E-state index is 0.0394. The smallest absolute Gasteiger partial charge is 0.307 e. The minimum atomic E-state index is -0.141. The SMILES string of the molecule is CC(=O)OC1=CCC(C)(C)[C@@H]2CC[C@]3(C)[C@H](CC[C@@H]4[C@H]5[C@H](C(C)C)CC[C@]5(C)CC[C@]43C)[C@@]12C. The molecule has 4 fully saturated rings. The summed E-state index contributed by atoms with van der Waals surface area (Å²) < 4.78 is 6.08. The van der Waals surface area contributed by atoms with Gasteiger partial charge in [0.05, 0.1) is 0 Å². The third-order valence-corrected chi connectivity index (χ3v) is 13.4. The number of ether oxygens (including phenoxy) is 1. The van der Waals surface area contributed by atoms with Crippen LogP contribution in [0.1, 0.15) is 120 Å². The molecule has 5 rings (SSSR count). The van der Waals surface area contributed by atoms with E-state index in [0.29, 0.717) is 28.1 Å². The summed E-state index contributed by atoms with van der Waals surface area (Å²) in [4.78, 5) is 12.2. The van der Waals surface area contributed by atoms with Crippen molar-refractivity contribution >= 4 is 5.97 Å². The van der Waals surface area contributed by atoms with Crippen LogP contribution in [0.2, 0.25) is 0 Å². The van der Waals surface area contributed by atoms with E-state index < -0.39 is 0 Å². The van der Waals surface area contributed by atoms with Gasteiger partial charge in [-0.1, -0.05) is 55.4 Å². The van der Waals surface area contributed by atoms with Gasteiger partial charge in [0.25, 0.3) is 0 Å². The molecular formula is C32H52O2. The van der Waals surface area contributed by atoms with E-state index in [1.54, 1.807) is 6.92 Å². The van der Waals surface area contributed by atoms with Crippen molar-refractivity contribution in [3.05, 3.63) is 11.8 Å². The second-order valence-electron chi connectivity index (χ2n) is 15.4. The molecule has 0 aromatic carbocycles. The van der Waals surface area contributed by atoms with Gasteiger partial charge >= 0.3 is 5.97 Å². The van der Waals surface area contributed by atoms with Crippen molar-refractivity contribution in [1.82, 2.24) is 0 Å². The maximum absolute atomic E-state index is 12.2. The lowest BCUT2D eigenvalue weighted by molar-refractivity contribution is -0.229. The summed E-state index contributed by atoms with van der Waals surface area (Å²) in [6.45, 7) is 22.0.